The quantitative estimate of drug-likeness (QED) is 0.869. The summed E-state index contributed by atoms with van der Waals surface area (Å²) in [5.41, 5.74) is 1.81. The fourth-order valence-corrected chi connectivity index (χ4v) is 3.28. The largest absolute Gasteiger partial charge is 0.331 e. The summed E-state index contributed by atoms with van der Waals surface area (Å²) in [5.74, 6) is 0.897. The zero-order chi connectivity index (χ0) is 11.9. The molecular formula is C14H23N3. The molecule has 3 rings (SSSR count). The molecule has 0 radical (unpaired) electrons. The van der Waals surface area contributed by atoms with E-state index in [1.165, 1.54) is 31.4 Å². The van der Waals surface area contributed by atoms with Crippen LogP contribution in [0.15, 0.2) is 12.5 Å². The fraction of sp³-hybridized carbons (Fsp3) is 0.786. The van der Waals surface area contributed by atoms with Crippen LogP contribution in [0, 0.1) is 5.92 Å². The highest BCUT2D eigenvalue weighted by Crippen LogP contribution is 2.48. The van der Waals surface area contributed by atoms with Crippen molar-refractivity contribution in [1.82, 2.24) is 14.9 Å². The first-order valence-corrected chi connectivity index (χ1v) is 6.97. The van der Waals surface area contributed by atoms with Crippen molar-refractivity contribution in [3.8, 4) is 0 Å². The Bertz CT molecular complexity index is 390. The molecule has 94 valence electrons. The van der Waals surface area contributed by atoms with E-state index in [4.69, 9.17) is 0 Å². The molecule has 2 aliphatic rings. The standard InChI is InChI=1S/C14H23N3/c1-3-11-8-12(11)17-10-16-9-13(17)14(2)4-6-15-7-5-14/h9-12,15H,3-8H2,1-2H3. The molecule has 0 aromatic carbocycles. The topological polar surface area (TPSA) is 29.9 Å². The normalized spacial score (nSPS) is 31.4. The summed E-state index contributed by atoms with van der Waals surface area (Å²) in [6, 6.07) is 0.740. The van der Waals surface area contributed by atoms with Gasteiger partial charge in [-0.1, -0.05) is 20.3 Å². The van der Waals surface area contributed by atoms with Crippen molar-refractivity contribution >= 4 is 0 Å². The van der Waals surface area contributed by atoms with E-state index >= 15 is 0 Å². The molecular weight excluding hydrogens is 210 g/mol. The van der Waals surface area contributed by atoms with E-state index in [0.717, 1.165) is 25.0 Å². The molecule has 1 aromatic rings. The molecule has 2 fully saturated rings. The number of rotatable bonds is 3. The monoisotopic (exact) mass is 233 g/mol. The maximum absolute atomic E-state index is 4.42. The van der Waals surface area contributed by atoms with Crippen molar-refractivity contribution in [2.75, 3.05) is 13.1 Å². The highest BCUT2D eigenvalue weighted by atomic mass is 15.1. The lowest BCUT2D eigenvalue weighted by Crippen LogP contribution is -2.38. The Kier molecular flexibility index (Phi) is 2.74. The van der Waals surface area contributed by atoms with Crippen LogP contribution in [-0.4, -0.2) is 22.6 Å². The minimum absolute atomic E-state index is 0.336. The van der Waals surface area contributed by atoms with E-state index in [9.17, 15) is 0 Å². The van der Waals surface area contributed by atoms with Gasteiger partial charge in [-0.15, -0.1) is 0 Å². The number of hydrogen-bond donors (Lipinski definition) is 1. The smallest absolute Gasteiger partial charge is 0.0951 e. The van der Waals surface area contributed by atoms with E-state index in [-0.39, 0.29) is 0 Å². The van der Waals surface area contributed by atoms with Crippen molar-refractivity contribution in [2.24, 2.45) is 5.92 Å². The number of nitrogens with zero attached hydrogens (tertiary/aromatic N) is 2. The predicted molar refractivity (Wildman–Crippen MR) is 69.1 cm³/mol. The Morgan fingerprint density at radius 1 is 1.47 bits per heavy atom. The zero-order valence-corrected chi connectivity index (χ0v) is 10.9. The second-order valence-corrected chi connectivity index (χ2v) is 5.97. The Balaban J connectivity index is 1.85. The summed E-state index contributed by atoms with van der Waals surface area (Å²) in [7, 11) is 0. The van der Waals surface area contributed by atoms with Gasteiger partial charge in [-0.3, -0.25) is 0 Å². The molecule has 2 heterocycles. The summed E-state index contributed by atoms with van der Waals surface area (Å²) in [6.45, 7) is 6.99. The van der Waals surface area contributed by atoms with E-state index in [1.807, 2.05) is 0 Å². The lowest BCUT2D eigenvalue weighted by atomic mass is 9.78. The van der Waals surface area contributed by atoms with Crippen LogP contribution in [0.2, 0.25) is 0 Å². The third kappa shape index (κ3) is 1.90. The third-order valence-corrected chi connectivity index (χ3v) is 4.76. The van der Waals surface area contributed by atoms with Crippen LogP contribution in [0.5, 0.6) is 0 Å². The van der Waals surface area contributed by atoms with Crippen LogP contribution in [0.4, 0.5) is 0 Å². The molecule has 2 unspecified atom stereocenters. The maximum Gasteiger partial charge on any atom is 0.0951 e. The SMILES string of the molecule is CCC1CC1n1cncc1C1(C)CCNCC1. The second kappa shape index (κ2) is 4.13. The van der Waals surface area contributed by atoms with Crippen molar-refractivity contribution in [3.05, 3.63) is 18.2 Å². The number of nitrogens with one attached hydrogen (secondary N) is 1. The van der Waals surface area contributed by atoms with Gasteiger partial charge in [-0.05, 0) is 38.3 Å². The fourth-order valence-electron chi connectivity index (χ4n) is 3.28. The van der Waals surface area contributed by atoms with E-state index < -0.39 is 0 Å². The van der Waals surface area contributed by atoms with Crippen molar-refractivity contribution in [2.45, 2.75) is 51.0 Å². The van der Waals surface area contributed by atoms with Gasteiger partial charge in [0.05, 0.1) is 6.33 Å². The Labute approximate surface area is 104 Å². The average molecular weight is 233 g/mol. The second-order valence-electron chi connectivity index (χ2n) is 5.97. The first-order chi connectivity index (χ1) is 8.24. The van der Waals surface area contributed by atoms with E-state index in [0.29, 0.717) is 5.41 Å². The van der Waals surface area contributed by atoms with Gasteiger partial charge in [-0.2, -0.15) is 0 Å². The van der Waals surface area contributed by atoms with Crippen molar-refractivity contribution in [1.29, 1.82) is 0 Å². The van der Waals surface area contributed by atoms with Gasteiger partial charge in [0.25, 0.3) is 0 Å². The molecule has 0 bridgehead atoms. The molecule has 1 aliphatic heterocycles. The van der Waals surface area contributed by atoms with E-state index in [2.05, 4.69) is 41.2 Å². The summed E-state index contributed by atoms with van der Waals surface area (Å²) < 4.78 is 2.47. The van der Waals surface area contributed by atoms with Crippen LogP contribution in [-0.2, 0) is 5.41 Å². The minimum Gasteiger partial charge on any atom is -0.331 e. The zero-order valence-electron chi connectivity index (χ0n) is 10.9. The van der Waals surface area contributed by atoms with Crippen LogP contribution >= 0.6 is 0 Å². The molecule has 3 nitrogen and oxygen atoms in total. The molecule has 1 saturated carbocycles. The molecule has 1 aromatic heterocycles. The van der Waals surface area contributed by atoms with Gasteiger partial charge in [0, 0.05) is 23.3 Å². The Hall–Kier alpha value is -0.830. The lowest BCUT2D eigenvalue weighted by molar-refractivity contribution is 0.315. The lowest BCUT2D eigenvalue weighted by Gasteiger charge is -2.34. The molecule has 3 heteroatoms. The number of hydrogen-bond acceptors (Lipinski definition) is 2. The highest BCUT2D eigenvalue weighted by molar-refractivity contribution is 5.18. The first kappa shape index (κ1) is 11.3. The van der Waals surface area contributed by atoms with Gasteiger partial charge in [0.15, 0.2) is 0 Å². The maximum atomic E-state index is 4.42. The average Bonchev–Trinajstić information content (AvgIpc) is 2.96. The summed E-state index contributed by atoms with van der Waals surface area (Å²) in [6.07, 6.45) is 9.30. The molecule has 2 atom stereocenters. The van der Waals surface area contributed by atoms with Gasteiger partial charge in [0.2, 0.25) is 0 Å². The van der Waals surface area contributed by atoms with Crippen molar-refractivity contribution in [3.63, 3.8) is 0 Å². The van der Waals surface area contributed by atoms with Crippen LogP contribution in [0.3, 0.4) is 0 Å². The van der Waals surface area contributed by atoms with Gasteiger partial charge >= 0.3 is 0 Å². The highest BCUT2D eigenvalue weighted by Gasteiger charge is 2.41. The van der Waals surface area contributed by atoms with E-state index in [1.54, 1.807) is 0 Å². The summed E-state index contributed by atoms with van der Waals surface area (Å²) >= 11 is 0. The summed E-state index contributed by atoms with van der Waals surface area (Å²) in [4.78, 5) is 4.42. The third-order valence-electron chi connectivity index (χ3n) is 4.76. The molecule has 17 heavy (non-hydrogen) atoms. The Morgan fingerprint density at radius 3 is 2.88 bits per heavy atom. The molecule has 1 aliphatic carbocycles. The van der Waals surface area contributed by atoms with Gasteiger partial charge in [-0.25, -0.2) is 4.98 Å². The first-order valence-electron chi connectivity index (χ1n) is 6.97. The van der Waals surface area contributed by atoms with Crippen LogP contribution < -0.4 is 5.32 Å². The number of aromatic nitrogens is 2. The number of piperidine rings is 1. The molecule has 0 amide bonds. The van der Waals surface area contributed by atoms with Crippen LogP contribution in [0.1, 0.15) is 51.3 Å². The summed E-state index contributed by atoms with van der Waals surface area (Å²) in [5, 5.41) is 3.46. The van der Waals surface area contributed by atoms with Gasteiger partial charge < -0.3 is 9.88 Å². The predicted octanol–water partition coefficient (Wildman–Crippen LogP) is 2.50. The van der Waals surface area contributed by atoms with Gasteiger partial charge in [0.1, 0.15) is 0 Å². The molecule has 0 spiro atoms. The van der Waals surface area contributed by atoms with Crippen LogP contribution in [0.25, 0.3) is 0 Å². The number of imidazole rings is 1. The Morgan fingerprint density at radius 2 is 2.24 bits per heavy atom. The molecule has 1 saturated heterocycles. The minimum atomic E-state index is 0.336. The van der Waals surface area contributed by atoms with Crippen molar-refractivity contribution < 1.29 is 0 Å². The molecule has 1 N–H and O–H groups in total.